The SMILES string of the molecule is COC(=O)C1C(=O)CC(=O)CC1(C)C(F)(F)F. The maximum absolute atomic E-state index is 12.9. The second-order valence-corrected chi connectivity index (χ2v) is 4.23. The van der Waals surface area contributed by atoms with Crippen LogP contribution in [0.4, 0.5) is 13.2 Å². The third kappa shape index (κ3) is 2.18. The van der Waals surface area contributed by atoms with E-state index >= 15 is 0 Å². The van der Waals surface area contributed by atoms with Crippen LogP contribution < -0.4 is 0 Å². The van der Waals surface area contributed by atoms with E-state index in [1.165, 1.54) is 0 Å². The maximum atomic E-state index is 12.9. The molecule has 0 heterocycles. The molecule has 2 unspecified atom stereocenters. The molecule has 1 aliphatic rings. The van der Waals surface area contributed by atoms with Crippen molar-refractivity contribution in [2.45, 2.75) is 25.9 Å². The van der Waals surface area contributed by atoms with E-state index < -0.39 is 47.9 Å². The Bertz CT molecular complexity index is 374. The normalized spacial score (nSPS) is 30.3. The fraction of sp³-hybridized carbons (Fsp3) is 0.700. The first-order valence-electron chi connectivity index (χ1n) is 4.82. The van der Waals surface area contributed by atoms with Crippen molar-refractivity contribution in [1.29, 1.82) is 0 Å². The highest BCUT2D eigenvalue weighted by molar-refractivity contribution is 6.11. The topological polar surface area (TPSA) is 60.4 Å². The number of ether oxygens (including phenoxy) is 1. The fourth-order valence-electron chi connectivity index (χ4n) is 2.00. The van der Waals surface area contributed by atoms with Gasteiger partial charge in [0, 0.05) is 6.42 Å². The number of methoxy groups -OCH3 is 1. The van der Waals surface area contributed by atoms with Crippen LogP contribution in [0.15, 0.2) is 0 Å². The molecule has 4 nitrogen and oxygen atoms in total. The van der Waals surface area contributed by atoms with E-state index in [4.69, 9.17) is 0 Å². The monoisotopic (exact) mass is 252 g/mol. The molecule has 1 aliphatic carbocycles. The standard InChI is InChI=1S/C10H11F3O4/c1-9(10(11,12)13)4-5(14)3-6(15)7(9)8(16)17-2/h7H,3-4H2,1-2H3. The molecular weight excluding hydrogens is 241 g/mol. The van der Waals surface area contributed by atoms with Gasteiger partial charge in [0.05, 0.1) is 18.9 Å². The molecule has 1 rings (SSSR count). The minimum absolute atomic E-state index is 0.647. The Morgan fingerprint density at radius 3 is 2.35 bits per heavy atom. The molecule has 0 aromatic carbocycles. The lowest BCUT2D eigenvalue weighted by Crippen LogP contribution is -2.53. The lowest BCUT2D eigenvalue weighted by atomic mass is 9.66. The number of rotatable bonds is 1. The Hall–Kier alpha value is -1.40. The van der Waals surface area contributed by atoms with Gasteiger partial charge in [0.25, 0.3) is 0 Å². The van der Waals surface area contributed by atoms with Crippen molar-refractivity contribution in [2.24, 2.45) is 11.3 Å². The van der Waals surface area contributed by atoms with E-state index in [9.17, 15) is 27.6 Å². The average molecular weight is 252 g/mol. The molecule has 0 radical (unpaired) electrons. The van der Waals surface area contributed by atoms with Crippen molar-refractivity contribution in [3.05, 3.63) is 0 Å². The molecule has 0 aromatic rings. The predicted molar refractivity (Wildman–Crippen MR) is 48.9 cm³/mol. The molecule has 1 saturated carbocycles. The molecule has 17 heavy (non-hydrogen) atoms. The average Bonchev–Trinajstić information content (AvgIpc) is 2.13. The predicted octanol–water partition coefficient (Wildman–Crippen LogP) is 1.28. The van der Waals surface area contributed by atoms with Gasteiger partial charge in [-0.25, -0.2) is 0 Å². The van der Waals surface area contributed by atoms with Crippen molar-refractivity contribution in [3.63, 3.8) is 0 Å². The van der Waals surface area contributed by atoms with Crippen LogP contribution in [-0.2, 0) is 19.1 Å². The van der Waals surface area contributed by atoms with Gasteiger partial charge in [-0.3, -0.25) is 14.4 Å². The molecule has 0 saturated heterocycles. The number of alkyl halides is 3. The van der Waals surface area contributed by atoms with Gasteiger partial charge >= 0.3 is 12.1 Å². The van der Waals surface area contributed by atoms with Gasteiger partial charge in [-0.05, 0) is 6.92 Å². The number of Topliss-reactive ketones (excluding diaryl/α,β-unsaturated/α-hetero) is 2. The Balaban J connectivity index is 3.25. The highest BCUT2D eigenvalue weighted by atomic mass is 19.4. The summed E-state index contributed by atoms with van der Waals surface area (Å²) in [4.78, 5) is 33.9. The molecule has 0 aromatic heterocycles. The fourth-order valence-corrected chi connectivity index (χ4v) is 2.00. The van der Waals surface area contributed by atoms with Crippen LogP contribution >= 0.6 is 0 Å². The van der Waals surface area contributed by atoms with Crippen LogP contribution in [0, 0.1) is 11.3 Å². The molecule has 2 atom stereocenters. The van der Waals surface area contributed by atoms with Crippen molar-refractivity contribution in [1.82, 2.24) is 0 Å². The first kappa shape index (κ1) is 13.7. The Labute approximate surface area is 95.1 Å². The minimum atomic E-state index is -4.82. The van der Waals surface area contributed by atoms with E-state index in [0.29, 0.717) is 6.92 Å². The van der Waals surface area contributed by atoms with Gasteiger partial charge in [-0.1, -0.05) is 0 Å². The summed E-state index contributed by atoms with van der Waals surface area (Å²) >= 11 is 0. The van der Waals surface area contributed by atoms with Crippen LogP contribution in [0.3, 0.4) is 0 Å². The lowest BCUT2D eigenvalue weighted by molar-refractivity contribution is -0.241. The quantitative estimate of drug-likeness (QED) is 0.521. The van der Waals surface area contributed by atoms with Crippen molar-refractivity contribution >= 4 is 17.5 Å². The van der Waals surface area contributed by atoms with Crippen LogP contribution in [0.2, 0.25) is 0 Å². The van der Waals surface area contributed by atoms with Crippen molar-refractivity contribution in [3.8, 4) is 0 Å². The zero-order valence-electron chi connectivity index (χ0n) is 9.26. The zero-order chi connectivity index (χ0) is 13.4. The Morgan fingerprint density at radius 1 is 1.41 bits per heavy atom. The third-order valence-electron chi connectivity index (χ3n) is 2.98. The van der Waals surface area contributed by atoms with Crippen LogP contribution in [-0.4, -0.2) is 30.8 Å². The second-order valence-electron chi connectivity index (χ2n) is 4.23. The molecule has 0 aliphatic heterocycles. The number of hydrogen-bond donors (Lipinski definition) is 0. The van der Waals surface area contributed by atoms with E-state index in [-0.39, 0.29) is 0 Å². The summed E-state index contributed by atoms with van der Waals surface area (Å²) in [5, 5.41) is 0. The molecule has 1 fully saturated rings. The highest BCUT2D eigenvalue weighted by Crippen LogP contribution is 2.50. The molecule has 0 amide bonds. The summed E-state index contributed by atoms with van der Waals surface area (Å²) in [5.41, 5.74) is -2.67. The number of carbonyl (C=O) groups excluding carboxylic acids is 3. The number of halogens is 3. The van der Waals surface area contributed by atoms with Gasteiger partial charge < -0.3 is 4.74 Å². The van der Waals surface area contributed by atoms with Gasteiger partial charge in [-0.2, -0.15) is 13.2 Å². The van der Waals surface area contributed by atoms with E-state index in [1.54, 1.807) is 0 Å². The summed E-state index contributed by atoms with van der Waals surface area (Å²) < 4.78 is 42.9. The van der Waals surface area contributed by atoms with E-state index in [0.717, 1.165) is 7.11 Å². The molecule has 0 N–H and O–H groups in total. The van der Waals surface area contributed by atoms with Gasteiger partial charge in [0.15, 0.2) is 5.78 Å². The van der Waals surface area contributed by atoms with Crippen LogP contribution in [0.5, 0.6) is 0 Å². The first-order chi connectivity index (χ1) is 7.63. The summed E-state index contributed by atoms with van der Waals surface area (Å²) in [5.74, 6) is -5.05. The molecule has 96 valence electrons. The Kier molecular flexibility index (Phi) is 3.31. The third-order valence-corrected chi connectivity index (χ3v) is 2.98. The van der Waals surface area contributed by atoms with Crippen LogP contribution in [0.25, 0.3) is 0 Å². The summed E-state index contributed by atoms with van der Waals surface area (Å²) in [6.45, 7) is 0.698. The number of carbonyl (C=O) groups is 3. The molecular formula is C10H11F3O4. The minimum Gasteiger partial charge on any atom is -0.468 e. The van der Waals surface area contributed by atoms with Gasteiger partial charge in [-0.15, -0.1) is 0 Å². The van der Waals surface area contributed by atoms with Crippen LogP contribution in [0.1, 0.15) is 19.8 Å². The summed E-state index contributed by atoms with van der Waals surface area (Å²) in [6, 6.07) is 0. The van der Waals surface area contributed by atoms with E-state index in [2.05, 4.69) is 4.74 Å². The van der Waals surface area contributed by atoms with Gasteiger partial charge in [0.1, 0.15) is 11.7 Å². The van der Waals surface area contributed by atoms with E-state index in [1.807, 2.05) is 0 Å². The molecule has 0 bridgehead atoms. The van der Waals surface area contributed by atoms with Crippen molar-refractivity contribution in [2.75, 3.05) is 7.11 Å². The lowest BCUT2D eigenvalue weighted by Gasteiger charge is -2.39. The smallest absolute Gasteiger partial charge is 0.395 e. The zero-order valence-corrected chi connectivity index (χ0v) is 9.26. The van der Waals surface area contributed by atoms with Gasteiger partial charge in [0.2, 0.25) is 0 Å². The first-order valence-corrected chi connectivity index (χ1v) is 4.82. The highest BCUT2D eigenvalue weighted by Gasteiger charge is 2.63. The number of hydrogen-bond acceptors (Lipinski definition) is 4. The maximum Gasteiger partial charge on any atom is 0.395 e. The second kappa shape index (κ2) is 4.12. The number of ketones is 2. The van der Waals surface area contributed by atoms with Crippen molar-refractivity contribution < 1.29 is 32.3 Å². The molecule has 7 heteroatoms. The molecule has 0 spiro atoms. The summed E-state index contributed by atoms with van der Waals surface area (Å²) in [7, 11) is 0.906. The largest absolute Gasteiger partial charge is 0.468 e. The summed E-state index contributed by atoms with van der Waals surface area (Å²) in [6.07, 6.45) is -6.34. The number of esters is 1. The Morgan fingerprint density at radius 2 is 1.94 bits per heavy atom.